The fourth-order valence-electron chi connectivity index (χ4n) is 2.04. The normalized spacial score (nSPS) is 20.6. The number of nitrogen functional groups attached to an aromatic ring is 1. The minimum absolute atomic E-state index is 0.0179. The second-order valence-electron chi connectivity index (χ2n) is 4.52. The first-order chi connectivity index (χ1) is 8.58. The van der Waals surface area contributed by atoms with E-state index in [1.54, 1.807) is 23.1 Å². The molecule has 0 bridgehead atoms. The zero-order valence-corrected chi connectivity index (χ0v) is 11.1. The van der Waals surface area contributed by atoms with Crippen LogP contribution in [0.5, 0.6) is 0 Å². The molecule has 1 amide bonds. The zero-order valence-electron chi connectivity index (χ0n) is 10.4. The van der Waals surface area contributed by atoms with Crippen molar-refractivity contribution in [3.8, 4) is 0 Å². The Hall–Kier alpha value is -1.26. The van der Waals surface area contributed by atoms with Crippen LogP contribution in [0.2, 0.25) is 5.02 Å². The Balaban J connectivity index is 2.16. The molecule has 2 N–H and O–H groups in total. The maximum absolute atomic E-state index is 12.3. The number of amides is 1. The number of rotatable bonds is 1. The SMILES string of the molecule is CC1CN(C(=O)c2ccc(Cl)c(N)c2)CCCO1. The van der Waals surface area contributed by atoms with Gasteiger partial charge in [0.25, 0.3) is 5.91 Å². The summed E-state index contributed by atoms with van der Waals surface area (Å²) in [6.07, 6.45) is 0.931. The second-order valence-corrected chi connectivity index (χ2v) is 4.93. The van der Waals surface area contributed by atoms with Crippen LogP contribution in [0.15, 0.2) is 18.2 Å². The summed E-state index contributed by atoms with van der Waals surface area (Å²) in [7, 11) is 0. The molecule has 0 saturated carbocycles. The third-order valence-electron chi connectivity index (χ3n) is 2.98. The van der Waals surface area contributed by atoms with Crippen LogP contribution in [0.3, 0.4) is 0 Å². The van der Waals surface area contributed by atoms with Gasteiger partial charge >= 0.3 is 0 Å². The molecule has 5 heteroatoms. The Bertz CT molecular complexity index is 451. The van der Waals surface area contributed by atoms with Gasteiger partial charge in [0.2, 0.25) is 0 Å². The summed E-state index contributed by atoms with van der Waals surface area (Å²) < 4.78 is 5.52. The molecule has 0 aromatic heterocycles. The molecule has 1 fully saturated rings. The van der Waals surface area contributed by atoms with E-state index in [-0.39, 0.29) is 12.0 Å². The first-order valence-corrected chi connectivity index (χ1v) is 6.41. The predicted octanol–water partition coefficient (Wildman–Crippen LogP) is 2.17. The smallest absolute Gasteiger partial charge is 0.254 e. The summed E-state index contributed by atoms with van der Waals surface area (Å²) in [5.74, 6) is -0.0179. The summed E-state index contributed by atoms with van der Waals surface area (Å²) in [5, 5.41) is 0.471. The first-order valence-electron chi connectivity index (χ1n) is 6.04. The minimum atomic E-state index is -0.0179. The molecule has 0 aliphatic carbocycles. The Morgan fingerprint density at radius 3 is 3.06 bits per heavy atom. The fourth-order valence-corrected chi connectivity index (χ4v) is 2.16. The average molecular weight is 269 g/mol. The van der Waals surface area contributed by atoms with E-state index in [1.807, 2.05) is 6.92 Å². The highest BCUT2D eigenvalue weighted by Gasteiger charge is 2.21. The number of hydrogen-bond acceptors (Lipinski definition) is 3. The summed E-state index contributed by atoms with van der Waals surface area (Å²) in [6, 6.07) is 4.99. The van der Waals surface area contributed by atoms with E-state index in [9.17, 15) is 4.79 Å². The number of carbonyl (C=O) groups excluding carboxylic acids is 1. The van der Waals surface area contributed by atoms with Crippen LogP contribution in [0.1, 0.15) is 23.7 Å². The van der Waals surface area contributed by atoms with Gasteiger partial charge in [-0.15, -0.1) is 0 Å². The Labute approximate surface area is 112 Å². The van der Waals surface area contributed by atoms with E-state index in [0.29, 0.717) is 36.0 Å². The van der Waals surface area contributed by atoms with E-state index in [2.05, 4.69) is 0 Å². The van der Waals surface area contributed by atoms with Crippen LogP contribution >= 0.6 is 11.6 Å². The first kappa shape index (κ1) is 13.2. The lowest BCUT2D eigenvalue weighted by molar-refractivity contribution is 0.0563. The molecular formula is C13H17ClN2O2. The number of ether oxygens (including phenoxy) is 1. The molecule has 1 aliphatic rings. The molecule has 0 spiro atoms. The summed E-state index contributed by atoms with van der Waals surface area (Å²) in [6.45, 7) is 4.00. The molecule has 1 atom stereocenters. The van der Waals surface area contributed by atoms with Crippen molar-refractivity contribution in [2.45, 2.75) is 19.4 Å². The number of anilines is 1. The molecular weight excluding hydrogens is 252 g/mol. The average Bonchev–Trinajstić information content (AvgIpc) is 2.56. The van der Waals surface area contributed by atoms with E-state index < -0.39 is 0 Å². The van der Waals surface area contributed by atoms with Crippen molar-refractivity contribution < 1.29 is 9.53 Å². The third-order valence-corrected chi connectivity index (χ3v) is 3.33. The number of nitrogens with two attached hydrogens (primary N) is 1. The predicted molar refractivity (Wildman–Crippen MR) is 71.8 cm³/mol. The van der Waals surface area contributed by atoms with Gasteiger partial charge in [-0.05, 0) is 31.5 Å². The minimum Gasteiger partial charge on any atom is -0.398 e. The summed E-state index contributed by atoms with van der Waals surface area (Å²) in [5.41, 5.74) is 6.73. The molecule has 0 radical (unpaired) electrons. The van der Waals surface area contributed by atoms with Crippen LogP contribution in [0.25, 0.3) is 0 Å². The molecule has 1 aromatic rings. The van der Waals surface area contributed by atoms with Gasteiger partial charge in [0.05, 0.1) is 16.8 Å². The van der Waals surface area contributed by atoms with E-state index in [4.69, 9.17) is 22.1 Å². The highest BCUT2D eigenvalue weighted by Crippen LogP contribution is 2.21. The molecule has 1 aromatic carbocycles. The van der Waals surface area contributed by atoms with Crippen molar-refractivity contribution in [3.05, 3.63) is 28.8 Å². The van der Waals surface area contributed by atoms with Crippen molar-refractivity contribution in [2.24, 2.45) is 0 Å². The van der Waals surface area contributed by atoms with Crippen molar-refractivity contribution >= 4 is 23.2 Å². The van der Waals surface area contributed by atoms with Gasteiger partial charge in [0.1, 0.15) is 0 Å². The van der Waals surface area contributed by atoms with Crippen molar-refractivity contribution in [1.29, 1.82) is 0 Å². The lowest BCUT2D eigenvalue weighted by Crippen LogP contribution is -2.35. The van der Waals surface area contributed by atoms with Crippen molar-refractivity contribution in [1.82, 2.24) is 4.90 Å². The van der Waals surface area contributed by atoms with E-state index >= 15 is 0 Å². The van der Waals surface area contributed by atoms with Gasteiger partial charge in [-0.25, -0.2) is 0 Å². The quantitative estimate of drug-likeness (QED) is 0.794. The van der Waals surface area contributed by atoms with E-state index in [0.717, 1.165) is 6.42 Å². The maximum Gasteiger partial charge on any atom is 0.254 e. The van der Waals surface area contributed by atoms with Gasteiger partial charge in [-0.1, -0.05) is 11.6 Å². The standard InChI is InChI=1S/C13H17ClN2O2/c1-9-8-16(5-2-6-18-9)13(17)10-3-4-11(14)12(15)7-10/h3-4,7,9H,2,5-6,8,15H2,1H3. The number of hydrogen-bond donors (Lipinski definition) is 1. The molecule has 4 nitrogen and oxygen atoms in total. The van der Waals surface area contributed by atoms with Crippen LogP contribution in [-0.2, 0) is 4.74 Å². The third kappa shape index (κ3) is 2.94. The highest BCUT2D eigenvalue weighted by atomic mass is 35.5. The molecule has 2 rings (SSSR count). The van der Waals surface area contributed by atoms with Gasteiger partial charge in [0, 0.05) is 25.3 Å². The lowest BCUT2D eigenvalue weighted by atomic mass is 10.1. The largest absolute Gasteiger partial charge is 0.398 e. The van der Waals surface area contributed by atoms with Crippen LogP contribution in [0, 0.1) is 0 Å². The van der Waals surface area contributed by atoms with Crippen LogP contribution in [-0.4, -0.2) is 36.6 Å². The number of carbonyl (C=O) groups is 1. The van der Waals surface area contributed by atoms with Gasteiger partial charge in [0.15, 0.2) is 0 Å². The maximum atomic E-state index is 12.3. The highest BCUT2D eigenvalue weighted by molar-refractivity contribution is 6.33. The number of benzene rings is 1. The van der Waals surface area contributed by atoms with Crippen molar-refractivity contribution in [2.75, 3.05) is 25.4 Å². The summed E-state index contributed by atoms with van der Waals surface area (Å²) >= 11 is 5.85. The Kier molecular flexibility index (Phi) is 4.09. The number of halogens is 1. The topological polar surface area (TPSA) is 55.6 Å². The molecule has 18 heavy (non-hydrogen) atoms. The molecule has 1 heterocycles. The summed E-state index contributed by atoms with van der Waals surface area (Å²) in [4.78, 5) is 14.1. The Morgan fingerprint density at radius 1 is 1.56 bits per heavy atom. The second kappa shape index (κ2) is 5.59. The van der Waals surface area contributed by atoms with Crippen LogP contribution < -0.4 is 5.73 Å². The van der Waals surface area contributed by atoms with Crippen LogP contribution in [0.4, 0.5) is 5.69 Å². The Morgan fingerprint density at radius 2 is 2.33 bits per heavy atom. The number of nitrogens with zero attached hydrogens (tertiary/aromatic N) is 1. The molecule has 1 aliphatic heterocycles. The van der Waals surface area contributed by atoms with Gasteiger partial charge in [-0.3, -0.25) is 4.79 Å². The lowest BCUT2D eigenvalue weighted by Gasteiger charge is -2.22. The molecule has 1 saturated heterocycles. The van der Waals surface area contributed by atoms with Gasteiger partial charge < -0.3 is 15.4 Å². The zero-order chi connectivity index (χ0) is 13.1. The molecule has 1 unspecified atom stereocenters. The van der Waals surface area contributed by atoms with E-state index in [1.165, 1.54) is 0 Å². The van der Waals surface area contributed by atoms with Crippen molar-refractivity contribution in [3.63, 3.8) is 0 Å². The monoisotopic (exact) mass is 268 g/mol. The fraction of sp³-hybridized carbons (Fsp3) is 0.462. The molecule has 98 valence electrons. The van der Waals surface area contributed by atoms with Gasteiger partial charge in [-0.2, -0.15) is 0 Å².